The van der Waals surface area contributed by atoms with Crippen molar-refractivity contribution in [2.75, 3.05) is 13.2 Å². The van der Waals surface area contributed by atoms with Gasteiger partial charge in [0.2, 0.25) is 0 Å². The molecule has 0 bridgehead atoms. The third kappa shape index (κ3) is 4.18. The fourth-order valence-electron chi connectivity index (χ4n) is 0.860. The van der Waals surface area contributed by atoms with E-state index < -0.39 is 13.3 Å². The summed E-state index contributed by atoms with van der Waals surface area (Å²) in [5.74, 6) is 0. The highest BCUT2D eigenvalue weighted by atomic mass is 31.2. The molecule has 0 atom stereocenters. The van der Waals surface area contributed by atoms with Gasteiger partial charge in [0.25, 0.3) is 0 Å². The smallest absolute Gasteiger partial charge is 0.304 e. The van der Waals surface area contributed by atoms with Gasteiger partial charge >= 0.3 is 13.3 Å². The van der Waals surface area contributed by atoms with Crippen molar-refractivity contribution >= 4 is 7.60 Å². The Balaban J connectivity index is 5.19. The molecular weight excluding hydrogens is 237 g/mol. The molecule has 94 valence electrons. The van der Waals surface area contributed by atoms with Crippen LogP contribution in [0.15, 0.2) is 17.4 Å². The maximum Gasteiger partial charge on any atom is 0.404 e. The van der Waals surface area contributed by atoms with Gasteiger partial charge < -0.3 is 9.05 Å². The molecule has 0 aromatic rings. The summed E-state index contributed by atoms with van der Waals surface area (Å²) in [6.45, 7) is 5.97. The number of hydrogen-bond acceptors (Lipinski definition) is 3. The van der Waals surface area contributed by atoms with Crippen molar-refractivity contribution < 1.29 is 22.4 Å². The van der Waals surface area contributed by atoms with Crippen molar-refractivity contribution in [3.8, 4) is 0 Å². The molecule has 0 fully saturated rings. The Hall–Kier alpha value is -0.470. The standard InChI is InChI=1S/C10H17F2O3P/c1-5-14-16(13,15-6-2)10(11,12)8-7-9(3)4/h8H,5-6H2,1-4H3. The SMILES string of the molecule is CCOP(=O)(OCC)C(F)(F)C=C=C(C)C. The number of hydrogen-bond donors (Lipinski definition) is 0. The van der Waals surface area contributed by atoms with Gasteiger partial charge in [-0.1, -0.05) is 0 Å². The third-order valence-corrected chi connectivity index (χ3v) is 3.55. The molecule has 0 rings (SSSR count). The van der Waals surface area contributed by atoms with Crippen LogP contribution < -0.4 is 0 Å². The van der Waals surface area contributed by atoms with E-state index >= 15 is 0 Å². The van der Waals surface area contributed by atoms with Gasteiger partial charge in [0.15, 0.2) is 0 Å². The van der Waals surface area contributed by atoms with Crippen LogP contribution in [0, 0.1) is 0 Å². The molecule has 0 radical (unpaired) electrons. The zero-order chi connectivity index (χ0) is 12.8. The van der Waals surface area contributed by atoms with Crippen LogP contribution in [0.4, 0.5) is 8.78 Å². The Kier molecular flexibility index (Phi) is 6.13. The van der Waals surface area contributed by atoms with Crippen LogP contribution in [0.3, 0.4) is 0 Å². The summed E-state index contributed by atoms with van der Waals surface area (Å²) >= 11 is 0. The van der Waals surface area contributed by atoms with E-state index in [2.05, 4.69) is 14.8 Å². The molecule has 0 saturated carbocycles. The zero-order valence-corrected chi connectivity index (χ0v) is 10.8. The number of halogens is 2. The summed E-state index contributed by atoms with van der Waals surface area (Å²) in [6.07, 6.45) is 0.439. The highest BCUT2D eigenvalue weighted by Crippen LogP contribution is 2.62. The van der Waals surface area contributed by atoms with E-state index in [-0.39, 0.29) is 13.2 Å². The Morgan fingerprint density at radius 1 is 1.31 bits per heavy atom. The van der Waals surface area contributed by atoms with Crippen molar-refractivity contribution in [1.29, 1.82) is 0 Å². The van der Waals surface area contributed by atoms with E-state index in [1.807, 2.05) is 0 Å². The summed E-state index contributed by atoms with van der Waals surface area (Å²) in [4.78, 5) is 0. The molecule has 0 saturated heterocycles. The van der Waals surface area contributed by atoms with Crippen molar-refractivity contribution in [1.82, 2.24) is 0 Å². The minimum Gasteiger partial charge on any atom is -0.304 e. The van der Waals surface area contributed by atoms with Gasteiger partial charge in [-0.3, -0.25) is 4.57 Å². The lowest BCUT2D eigenvalue weighted by Gasteiger charge is -2.22. The first-order valence-corrected chi connectivity index (χ1v) is 6.51. The molecule has 0 aromatic heterocycles. The molecule has 0 amide bonds. The van der Waals surface area contributed by atoms with Crippen molar-refractivity contribution in [2.45, 2.75) is 33.4 Å². The van der Waals surface area contributed by atoms with Crippen molar-refractivity contribution in [3.05, 3.63) is 17.4 Å². The average molecular weight is 254 g/mol. The second-order valence-electron chi connectivity index (χ2n) is 3.21. The van der Waals surface area contributed by atoms with E-state index in [1.54, 1.807) is 13.8 Å². The van der Waals surface area contributed by atoms with Gasteiger partial charge in [-0.15, -0.1) is 5.73 Å². The number of rotatable bonds is 6. The fourth-order valence-corrected chi connectivity index (χ4v) is 2.18. The van der Waals surface area contributed by atoms with Crippen LogP contribution in [0.2, 0.25) is 0 Å². The summed E-state index contributed by atoms with van der Waals surface area (Å²) in [5, 5.41) is 0. The first kappa shape index (κ1) is 15.5. The molecule has 0 N–H and O–H groups in total. The second-order valence-corrected chi connectivity index (χ2v) is 5.32. The predicted molar refractivity (Wildman–Crippen MR) is 58.7 cm³/mol. The molecule has 0 aromatic carbocycles. The summed E-state index contributed by atoms with van der Waals surface area (Å²) < 4.78 is 48.0. The molecule has 0 heterocycles. The molecule has 0 unspecified atom stereocenters. The van der Waals surface area contributed by atoms with Gasteiger partial charge in [0.1, 0.15) is 0 Å². The summed E-state index contributed by atoms with van der Waals surface area (Å²) in [7, 11) is -4.44. The fraction of sp³-hybridized carbons (Fsp3) is 0.700. The number of allylic oxidation sites excluding steroid dienone is 1. The molecule has 0 aliphatic carbocycles. The van der Waals surface area contributed by atoms with Crippen molar-refractivity contribution in [2.24, 2.45) is 0 Å². The normalized spacial score (nSPS) is 12.1. The van der Waals surface area contributed by atoms with Gasteiger partial charge in [-0.2, -0.15) is 8.78 Å². The molecule has 16 heavy (non-hydrogen) atoms. The van der Waals surface area contributed by atoms with Gasteiger partial charge in [0.05, 0.1) is 13.2 Å². The van der Waals surface area contributed by atoms with Crippen LogP contribution in [-0.4, -0.2) is 18.9 Å². The topological polar surface area (TPSA) is 35.5 Å². The highest BCUT2D eigenvalue weighted by molar-refractivity contribution is 7.55. The Morgan fingerprint density at radius 3 is 2.06 bits per heavy atom. The molecule has 0 spiro atoms. The van der Waals surface area contributed by atoms with E-state index in [0.717, 1.165) is 0 Å². The van der Waals surface area contributed by atoms with Crippen LogP contribution >= 0.6 is 7.60 Å². The molecule has 0 aliphatic rings. The van der Waals surface area contributed by atoms with Gasteiger partial charge in [-0.05, 0) is 33.3 Å². The van der Waals surface area contributed by atoms with Gasteiger partial charge in [0, 0.05) is 6.08 Å². The van der Waals surface area contributed by atoms with Crippen LogP contribution in [0.25, 0.3) is 0 Å². The van der Waals surface area contributed by atoms with E-state index in [0.29, 0.717) is 11.6 Å². The quantitative estimate of drug-likeness (QED) is 0.531. The third-order valence-electron chi connectivity index (χ3n) is 1.50. The van der Waals surface area contributed by atoms with Crippen LogP contribution in [-0.2, 0) is 13.6 Å². The van der Waals surface area contributed by atoms with E-state index in [9.17, 15) is 13.3 Å². The lowest BCUT2D eigenvalue weighted by molar-refractivity contribution is 0.0794. The van der Waals surface area contributed by atoms with E-state index in [1.165, 1.54) is 13.8 Å². The van der Waals surface area contributed by atoms with Gasteiger partial charge in [-0.25, -0.2) is 0 Å². The Bertz CT molecular complexity index is 319. The maximum atomic E-state index is 13.6. The van der Waals surface area contributed by atoms with E-state index in [4.69, 9.17) is 0 Å². The molecular formula is C10H17F2O3P. The van der Waals surface area contributed by atoms with Crippen molar-refractivity contribution in [3.63, 3.8) is 0 Å². The summed E-state index contributed by atoms with van der Waals surface area (Å²) in [5.41, 5.74) is -0.784. The monoisotopic (exact) mass is 254 g/mol. The molecule has 6 heteroatoms. The Labute approximate surface area is 94.7 Å². The molecule has 3 nitrogen and oxygen atoms in total. The largest absolute Gasteiger partial charge is 0.404 e. The second kappa shape index (κ2) is 6.31. The lowest BCUT2D eigenvalue weighted by Crippen LogP contribution is -2.17. The summed E-state index contributed by atoms with van der Waals surface area (Å²) in [6, 6.07) is 0. The highest BCUT2D eigenvalue weighted by Gasteiger charge is 2.51. The van der Waals surface area contributed by atoms with Crippen LogP contribution in [0.5, 0.6) is 0 Å². The lowest BCUT2D eigenvalue weighted by atomic mass is 10.4. The van der Waals surface area contributed by atoms with Crippen LogP contribution in [0.1, 0.15) is 27.7 Å². The minimum atomic E-state index is -4.44. The number of alkyl halides is 2. The first-order chi connectivity index (χ1) is 7.29. The first-order valence-electron chi connectivity index (χ1n) is 4.97. The maximum absolute atomic E-state index is 13.6. The predicted octanol–water partition coefficient (Wildman–Crippen LogP) is 3.97. The average Bonchev–Trinajstić information content (AvgIpc) is 2.15. The minimum absolute atomic E-state index is 0.102. The zero-order valence-electron chi connectivity index (χ0n) is 9.92. The Morgan fingerprint density at radius 2 is 1.75 bits per heavy atom. The molecule has 0 aliphatic heterocycles.